The zero-order valence-corrected chi connectivity index (χ0v) is 9.34. The molecule has 0 spiro atoms. The monoisotopic (exact) mass is 227 g/mol. The zero-order valence-electron chi connectivity index (χ0n) is 9.34. The van der Waals surface area contributed by atoms with Crippen LogP contribution in [0.1, 0.15) is 17.2 Å². The third-order valence-electron chi connectivity index (χ3n) is 3.09. The molecular weight excluding hydrogens is 214 g/mol. The quantitative estimate of drug-likeness (QED) is 0.856. The molecule has 1 aromatic carbocycles. The van der Waals surface area contributed by atoms with Crippen molar-refractivity contribution >= 4 is 0 Å². The lowest BCUT2D eigenvalue weighted by Crippen LogP contribution is -2.00. The standard InChI is InChI=1S/C14H13NO2/c16-8-14-11-5-3-4-10(12(11)9-17-14)13-6-1-2-7-15-13/h1-7,14,16H,8-9H2. The largest absolute Gasteiger partial charge is 0.393 e. The summed E-state index contributed by atoms with van der Waals surface area (Å²) in [5.41, 5.74) is 4.27. The summed E-state index contributed by atoms with van der Waals surface area (Å²) in [7, 11) is 0. The SMILES string of the molecule is OCC1OCc2c(-c3ccccn3)cccc21. The first kappa shape index (κ1) is 10.4. The van der Waals surface area contributed by atoms with Crippen molar-refractivity contribution in [1.29, 1.82) is 0 Å². The van der Waals surface area contributed by atoms with E-state index in [1.54, 1.807) is 6.20 Å². The van der Waals surface area contributed by atoms with Crippen molar-refractivity contribution in [2.24, 2.45) is 0 Å². The van der Waals surface area contributed by atoms with Crippen LogP contribution in [0.3, 0.4) is 0 Å². The molecular formula is C14H13NO2. The number of aromatic nitrogens is 1. The van der Waals surface area contributed by atoms with Crippen molar-refractivity contribution in [3.05, 3.63) is 53.7 Å². The van der Waals surface area contributed by atoms with Crippen LogP contribution in [0.2, 0.25) is 0 Å². The summed E-state index contributed by atoms with van der Waals surface area (Å²) in [5, 5.41) is 9.23. The first-order valence-corrected chi connectivity index (χ1v) is 5.66. The lowest BCUT2D eigenvalue weighted by molar-refractivity contribution is 0.0234. The van der Waals surface area contributed by atoms with Gasteiger partial charge in [-0.25, -0.2) is 0 Å². The Morgan fingerprint density at radius 3 is 2.94 bits per heavy atom. The number of pyridine rings is 1. The molecule has 1 aliphatic heterocycles. The smallest absolute Gasteiger partial charge is 0.106 e. The van der Waals surface area contributed by atoms with Crippen LogP contribution in [0.5, 0.6) is 0 Å². The third kappa shape index (κ3) is 1.73. The molecule has 0 saturated heterocycles. The Labute approximate surface area is 99.7 Å². The minimum Gasteiger partial charge on any atom is -0.393 e. The van der Waals surface area contributed by atoms with E-state index in [2.05, 4.69) is 4.98 Å². The predicted molar refractivity (Wildman–Crippen MR) is 64.3 cm³/mol. The molecule has 3 rings (SSSR count). The minimum absolute atomic E-state index is 0.0265. The first-order chi connectivity index (χ1) is 8.40. The van der Waals surface area contributed by atoms with Gasteiger partial charge in [-0.3, -0.25) is 4.98 Å². The van der Waals surface area contributed by atoms with Gasteiger partial charge in [0, 0.05) is 11.8 Å². The van der Waals surface area contributed by atoms with Gasteiger partial charge in [0.25, 0.3) is 0 Å². The second-order valence-electron chi connectivity index (χ2n) is 4.07. The van der Waals surface area contributed by atoms with Crippen molar-refractivity contribution < 1.29 is 9.84 Å². The van der Waals surface area contributed by atoms with Crippen LogP contribution in [-0.2, 0) is 11.3 Å². The number of nitrogens with zero attached hydrogens (tertiary/aromatic N) is 1. The molecule has 1 N–H and O–H groups in total. The Morgan fingerprint density at radius 1 is 1.24 bits per heavy atom. The van der Waals surface area contributed by atoms with Crippen molar-refractivity contribution in [3.8, 4) is 11.3 Å². The summed E-state index contributed by atoms with van der Waals surface area (Å²) in [6.45, 7) is 0.575. The number of hydrogen-bond acceptors (Lipinski definition) is 3. The van der Waals surface area contributed by atoms with E-state index in [4.69, 9.17) is 4.74 Å². The number of benzene rings is 1. The van der Waals surface area contributed by atoms with Gasteiger partial charge in [0.05, 0.1) is 18.9 Å². The molecule has 3 heteroatoms. The number of rotatable bonds is 2. The van der Waals surface area contributed by atoms with Crippen LogP contribution in [-0.4, -0.2) is 16.7 Å². The van der Waals surface area contributed by atoms with Crippen LogP contribution < -0.4 is 0 Å². The number of aliphatic hydroxyl groups is 1. The fourth-order valence-electron chi connectivity index (χ4n) is 2.25. The van der Waals surface area contributed by atoms with Gasteiger partial charge in [0.1, 0.15) is 6.10 Å². The number of hydrogen-bond donors (Lipinski definition) is 1. The molecule has 1 aromatic heterocycles. The summed E-state index contributed by atoms with van der Waals surface area (Å²) in [5.74, 6) is 0. The molecule has 17 heavy (non-hydrogen) atoms. The maximum absolute atomic E-state index is 9.23. The molecule has 3 nitrogen and oxygen atoms in total. The lowest BCUT2D eigenvalue weighted by atomic mass is 9.98. The molecule has 1 unspecified atom stereocenters. The van der Waals surface area contributed by atoms with Gasteiger partial charge in [0.2, 0.25) is 0 Å². The van der Waals surface area contributed by atoms with Crippen molar-refractivity contribution in [2.75, 3.05) is 6.61 Å². The molecule has 2 heterocycles. The molecule has 0 fully saturated rings. The van der Waals surface area contributed by atoms with E-state index >= 15 is 0 Å². The Bertz CT molecular complexity index is 525. The fourth-order valence-corrected chi connectivity index (χ4v) is 2.25. The highest BCUT2D eigenvalue weighted by atomic mass is 16.5. The Balaban J connectivity index is 2.12. The van der Waals surface area contributed by atoms with Crippen LogP contribution in [0, 0.1) is 0 Å². The van der Waals surface area contributed by atoms with Crippen molar-refractivity contribution in [3.63, 3.8) is 0 Å². The van der Waals surface area contributed by atoms with Crippen molar-refractivity contribution in [2.45, 2.75) is 12.7 Å². The van der Waals surface area contributed by atoms with E-state index in [-0.39, 0.29) is 12.7 Å². The first-order valence-electron chi connectivity index (χ1n) is 5.66. The summed E-state index contributed by atoms with van der Waals surface area (Å²) in [4.78, 5) is 4.36. The van der Waals surface area contributed by atoms with Crippen LogP contribution >= 0.6 is 0 Å². The molecule has 86 valence electrons. The molecule has 0 saturated carbocycles. The minimum atomic E-state index is -0.186. The number of ether oxygens (including phenoxy) is 1. The maximum Gasteiger partial charge on any atom is 0.106 e. The van der Waals surface area contributed by atoms with Gasteiger partial charge in [-0.1, -0.05) is 24.3 Å². The highest BCUT2D eigenvalue weighted by molar-refractivity contribution is 5.66. The van der Waals surface area contributed by atoms with Crippen LogP contribution in [0.15, 0.2) is 42.6 Å². The highest BCUT2D eigenvalue weighted by Crippen LogP contribution is 2.36. The Hall–Kier alpha value is -1.71. The normalized spacial score (nSPS) is 18.1. The summed E-state index contributed by atoms with van der Waals surface area (Å²) in [6, 6.07) is 11.9. The van der Waals surface area contributed by atoms with Gasteiger partial charge >= 0.3 is 0 Å². The van der Waals surface area contributed by atoms with Gasteiger partial charge in [-0.05, 0) is 23.3 Å². The number of aliphatic hydroxyl groups excluding tert-OH is 1. The molecule has 0 bridgehead atoms. The van der Waals surface area contributed by atoms with Gasteiger partial charge in [0.15, 0.2) is 0 Å². The summed E-state index contributed by atoms with van der Waals surface area (Å²) < 4.78 is 5.56. The molecule has 1 atom stereocenters. The summed E-state index contributed by atoms with van der Waals surface area (Å²) in [6.07, 6.45) is 1.60. The molecule has 0 aliphatic carbocycles. The average molecular weight is 227 g/mol. The van der Waals surface area contributed by atoms with E-state index in [9.17, 15) is 5.11 Å². The Morgan fingerprint density at radius 2 is 2.18 bits per heavy atom. The van der Waals surface area contributed by atoms with Crippen LogP contribution in [0.25, 0.3) is 11.3 Å². The second kappa shape index (κ2) is 4.28. The number of fused-ring (bicyclic) bond motifs is 1. The van der Waals surface area contributed by atoms with E-state index in [0.717, 1.165) is 22.4 Å². The maximum atomic E-state index is 9.23. The van der Waals surface area contributed by atoms with E-state index < -0.39 is 0 Å². The molecule has 2 aromatic rings. The zero-order chi connectivity index (χ0) is 11.7. The molecule has 1 aliphatic rings. The lowest BCUT2D eigenvalue weighted by Gasteiger charge is -2.08. The third-order valence-corrected chi connectivity index (χ3v) is 3.09. The van der Waals surface area contributed by atoms with Gasteiger partial charge in [-0.2, -0.15) is 0 Å². The molecule has 0 amide bonds. The second-order valence-corrected chi connectivity index (χ2v) is 4.07. The van der Waals surface area contributed by atoms with Crippen molar-refractivity contribution in [1.82, 2.24) is 4.98 Å². The van der Waals surface area contributed by atoms with Gasteiger partial charge in [-0.15, -0.1) is 0 Å². The fraction of sp³-hybridized carbons (Fsp3) is 0.214. The van der Waals surface area contributed by atoms with E-state index in [1.807, 2.05) is 36.4 Å². The highest BCUT2D eigenvalue weighted by Gasteiger charge is 2.25. The van der Waals surface area contributed by atoms with E-state index in [0.29, 0.717) is 6.61 Å². The van der Waals surface area contributed by atoms with Gasteiger partial charge < -0.3 is 9.84 Å². The van der Waals surface area contributed by atoms with E-state index in [1.165, 1.54) is 0 Å². The topological polar surface area (TPSA) is 42.4 Å². The average Bonchev–Trinajstić information content (AvgIpc) is 2.82. The Kier molecular flexibility index (Phi) is 2.63. The summed E-state index contributed by atoms with van der Waals surface area (Å²) >= 11 is 0. The van der Waals surface area contributed by atoms with Crippen LogP contribution in [0.4, 0.5) is 0 Å². The molecule has 0 radical (unpaired) electrons. The predicted octanol–water partition coefficient (Wildman–Crippen LogP) is 2.31.